The molecule has 0 amide bonds. The molecule has 1 atom stereocenters. The van der Waals surface area contributed by atoms with Gasteiger partial charge in [-0.05, 0) is 25.5 Å². The van der Waals surface area contributed by atoms with E-state index in [1.165, 1.54) is 11.8 Å². The SMILES string of the molecule is Cc1ccc(-n2c(SCC(=O)O[C@@H]3CCS(=O)(=O)C3)nnc2-c2ccccc2)cc1. The summed E-state index contributed by atoms with van der Waals surface area (Å²) in [4.78, 5) is 12.3. The normalized spacial score (nSPS) is 17.7. The van der Waals surface area contributed by atoms with Gasteiger partial charge < -0.3 is 4.74 Å². The standard InChI is InChI=1S/C21H21N3O4S2/c1-15-7-9-17(10-8-15)24-20(16-5-3-2-4-6-16)22-23-21(24)29-13-19(25)28-18-11-12-30(26,27)14-18/h2-10,18H,11-14H2,1H3/t18-/m1/s1. The molecule has 0 aliphatic carbocycles. The lowest BCUT2D eigenvalue weighted by atomic mass is 10.2. The quantitative estimate of drug-likeness (QED) is 0.427. The smallest absolute Gasteiger partial charge is 0.316 e. The predicted molar refractivity (Wildman–Crippen MR) is 115 cm³/mol. The van der Waals surface area contributed by atoms with Gasteiger partial charge in [0.2, 0.25) is 0 Å². The van der Waals surface area contributed by atoms with Crippen molar-refractivity contribution in [2.75, 3.05) is 17.3 Å². The van der Waals surface area contributed by atoms with Crippen molar-refractivity contribution in [3.8, 4) is 17.1 Å². The van der Waals surface area contributed by atoms with Crippen molar-refractivity contribution < 1.29 is 17.9 Å². The average Bonchev–Trinajstić information content (AvgIpc) is 3.30. The summed E-state index contributed by atoms with van der Waals surface area (Å²) < 4.78 is 30.3. The van der Waals surface area contributed by atoms with Crippen molar-refractivity contribution in [3.05, 3.63) is 60.2 Å². The maximum Gasteiger partial charge on any atom is 0.316 e. The Morgan fingerprint density at radius 2 is 1.87 bits per heavy atom. The van der Waals surface area contributed by atoms with Gasteiger partial charge in [0.25, 0.3) is 0 Å². The van der Waals surface area contributed by atoms with Gasteiger partial charge in [0.05, 0.1) is 17.3 Å². The number of aryl methyl sites for hydroxylation is 1. The lowest BCUT2D eigenvalue weighted by molar-refractivity contribution is -0.144. The van der Waals surface area contributed by atoms with Crippen LogP contribution in [-0.2, 0) is 19.4 Å². The molecule has 3 aromatic rings. The Balaban J connectivity index is 1.55. The fourth-order valence-corrected chi connectivity index (χ4v) is 5.59. The van der Waals surface area contributed by atoms with Crippen molar-refractivity contribution in [1.82, 2.24) is 14.8 Å². The Morgan fingerprint density at radius 1 is 1.13 bits per heavy atom. The maximum atomic E-state index is 12.3. The first-order valence-corrected chi connectivity index (χ1v) is 12.3. The summed E-state index contributed by atoms with van der Waals surface area (Å²) in [5.74, 6) is 0.218. The third-order valence-corrected chi connectivity index (χ3v) is 7.41. The van der Waals surface area contributed by atoms with Gasteiger partial charge in [-0.15, -0.1) is 10.2 Å². The van der Waals surface area contributed by atoms with Crippen LogP contribution in [0.2, 0.25) is 0 Å². The van der Waals surface area contributed by atoms with E-state index in [2.05, 4.69) is 10.2 Å². The van der Waals surface area contributed by atoms with E-state index in [4.69, 9.17) is 4.74 Å². The molecular weight excluding hydrogens is 422 g/mol. The third-order valence-electron chi connectivity index (χ3n) is 4.77. The molecule has 1 saturated heterocycles. The summed E-state index contributed by atoms with van der Waals surface area (Å²) in [6, 6.07) is 17.7. The van der Waals surface area contributed by atoms with Gasteiger partial charge in [-0.2, -0.15) is 0 Å². The van der Waals surface area contributed by atoms with Crippen molar-refractivity contribution in [3.63, 3.8) is 0 Å². The fraction of sp³-hybridized carbons (Fsp3) is 0.286. The highest BCUT2D eigenvalue weighted by Gasteiger charge is 2.30. The minimum absolute atomic E-state index is 0.0231. The maximum absolute atomic E-state index is 12.3. The van der Waals surface area contributed by atoms with Crippen LogP contribution >= 0.6 is 11.8 Å². The lowest BCUT2D eigenvalue weighted by Crippen LogP contribution is -2.20. The molecule has 2 heterocycles. The number of hydrogen-bond acceptors (Lipinski definition) is 7. The molecule has 0 bridgehead atoms. The Labute approximate surface area is 179 Å². The second kappa shape index (κ2) is 8.61. The third kappa shape index (κ3) is 4.73. The molecule has 1 aliphatic rings. The number of thioether (sulfide) groups is 1. The minimum atomic E-state index is -3.09. The number of esters is 1. The van der Waals surface area contributed by atoms with Gasteiger partial charge in [0, 0.05) is 11.3 Å². The molecule has 0 spiro atoms. The van der Waals surface area contributed by atoms with Crippen LogP contribution in [-0.4, -0.2) is 52.5 Å². The number of aromatic nitrogens is 3. The second-order valence-corrected chi connectivity index (χ2v) is 10.3. The summed E-state index contributed by atoms with van der Waals surface area (Å²) in [6.07, 6.45) is -0.200. The molecule has 7 nitrogen and oxygen atoms in total. The van der Waals surface area contributed by atoms with E-state index in [9.17, 15) is 13.2 Å². The molecule has 2 aromatic carbocycles. The number of benzene rings is 2. The molecular formula is C21H21N3O4S2. The summed E-state index contributed by atoms with van der Waals surface area (Å²) in [5, 5.41) is 9.20. The highest BCUT2D eigenvalue weighted by molar-refractivity contribution is 7.99. The Bertz CT molecular complexity index is 1140. The number of nitrogens with zero attached hydrogens (tertiary/aromatic N) is 3. The lowest BCUT2D eigenvalue weighted by Gasteiger charge is -2.12. The first-order chi connectivity index (χ1) is 14.4. The van der Waals surface area contributed by atoms with Crippen molar-refractivity contribution >= 4 is 27.6 Å². The number of sulfone groups is 1. The van der Waals surface area contributed by atoms with Crippen molar-refractivity contribution in [1.29, 1.82) is 0 Å². The molecule has 0 N–H and O–H groups in total. The highest BCUT2D eigenvalue weighted by atomic mass is 32.2. The van der Waals surface area contributed by atoms with Gasteiger partial charge in [-0.25, -0.2) is 8.42 Å². The molecule has 0 radical (unpaired) electrons. The predicted octanol–water partition coefficient (Wildman–Crippen LogP) is 3.07. The zero-order chi connectivity index (χ0) is 21.1. The molecule has 0 unspecified atom stereocenters. The van der Waals surface area contributed by atoms with Crippen LogP contribution < -0.4 is 0 Å². The molecule has 156 valence electrons. The first kappa shape index (κ1) is 20.6. The first-order valence-electron chi connectivity index (χ1n) is 9.52. The molecule has 30 heavy (non-hydrogen) atoms. The van der Waals surface area contributed by atoms with E-state index in [1.54, 1.807) is 0 Å². The van der Waals surface area contributed by atoms with Gasteiger partial charge in [0.1, 0.15) is 6.10 Å². The van der Waals surface area contributed by atoms with Crippen molar-refractivity contribution in [2.45, 2.75) is 24.6 Å². The van der Waals surface area contributed by atoms with Crippen LogP contribution in [0.1, 0.15) is 12.0 Å². The van der Waals surface area contributed by atoms with Crippen LogP contribution in [0, 0.1) is 6.92 Å². The van der Waals surface area contributed by atoms with E-state index in [0.29, 0.717) is 17.4 Å². The molecule has 0 saturated carbocycles. The zero-order valence-electron chi connectivity index (χ0n) is 16.4. The number of carbonyl (C=O) groups is 1. The second-order valence-electron chi connectivity index (χ2n) is 7.15. The number of ether oxygens (including phenoxy) is 1. The van der Waals surface area contributed by atoms with E-state index >= 15 is 0 Å². The van der Waals surface area contributed by atoms with E-state index in [1.807, 2.05) is 66.1 Å². The summed E-state index contributed by atoms with van der Waals surface area (Å²) in [5.41, 5.74) is 2.94. The molecule has 1 aromatic heterocycles. The Hall–Kier alpha value is -2.65. The van der Waals surface area contributed by atoms with Gasteiger partial charge in [-0.3, -0.25) is 9.36 Å². The Morgan fingerprint density at radius 3 is 2.53 bits per heavy atom. The molecule has 1 aliphatic heterocycles. The summed E-state index contributed by atoms with van der Waals surface area (Å²) in [7, 11) is -3.09. The van der Waals surface area contributed by atoms with E-state index < -0.39 is 21.9 Å². The number of carbonyl (C=O) groups excluding carboxylic acids is 1. The molecule has 1 fully saturated rings. The highest BCUT2D eigenvalue weighted by Crippen LogP contribution is 2.28. The number of hydrogen-bond donors (Lipinski definition) is 0. The van der Waals surface area contributed by atoms with E-state index in [-0.39, 0.29) is 17.3 Å². The largest absolute Gasteiger partial charge is 0.461 e. The fourth-order valence-electron chi connectivity index (χ4n) is 3.26. The topological polar surface area (TPSA) is 91.2 Å². The molecule has 9 heteroatoms. The average molecular weight is 444 g/mol. The van der Waals surface area contributed by atoms with Crippen LogP contribution in [0.25, 0.3) is 17.1 Å². The van der Waals surface area contributed by atoms with Gasteiger partial charge >= 0.3 is 5.97 Å². The Kier molecular flexibility index (Phi) is 5.92. The van der Waals surface area contributed by atoms with Gasteiger partial charge in [-0.1, -0.05) is 59.8 Å². The van der Waals surface area contributed by atoms with E-state index in [0.717, 1.165) is 16.8 Å². The van der Waals surface area contributed by atoms with Crippen LogP contribution in [0.5, 0.6) is 0 Å². The summed E-state index contributed by atoms with van der Waals surface area (Å²) in [6.45, 7) is 2.02. The zero-order valence-corrected chi connectivity index (χ0v) is 18.0. The van der Waals surface area contributed by atoms with Crippen LogP contribution in [0.15, 0.2) is 59.8 Å². The molecule has 4 rings (SSSR count). The van der Waals surface area contributed by atoms with Crippen LogP contribution in [0.3, 0.4) is 0 Å². The monoisotopic (exact) mass is 443 g/mol. The van der Waals surface area contributed by atoms with Gasteiger partial charge in [0.15, 0.2) is 20.8 Å². The summed E-state index contributed by atoms with van der Waals surface area (Å²) >= 11 is 1.22. The number of rotatable bonds is 6. The van der Waals surface area contributed by atoms with Crippen LogP contribution in [0.4, 0.5) is 0 Å². The minimum Gasteiger partial charge on any atom is -0.461 e. The van der Waals surface area contributed by atoms with Crippen molar-refractivity contribution in [2.24, 2.45) is 0 Å².